The smallest absolute Gasteiger partial charge is 0.306 e. The van der Waals surface area contributed by atoms with E-state index >= 15 is 0 Å². The summed E-state index contributed by atoms with van der Waals surface area (Å²) in [6, 6.07) is -1.44. The van der Waals surface area contributed by atoms with Gasteiger partial charge in [0.05, 0.1) is 38.7 Å². The lowest BCUT2D eigenvalue weighted by molar-refractivity contribution is -0.870. The average molecular weight is 818 g/mol. The molecule has 56 heavy (non-hydrogen) atoms. The zero-order valence-corrected chi connectivity index (χ0v) is 36.8. The van der Waals surface area contributed by atoms with Crippen LogP contribution in [0.3, 0.4) is 0 Å². The predicted molar refractivity (Wildman–Crippen MR) is 231 cm³/mol. The molecule has 2 atom stereocenters. The minimum absolute atomic E-state index is 0.0351. The first kappa shape index (κ1) is 40.7. The molecular weight excluding hydrogens is 725 g/mol. The van der Waals surface area contributed by atoms with Crippen molar-refractivity contribution in [1.29, 1.82) is 0 Å². The molecule has 0 spiro atoms. The second-order valence-corrected chi connectivity index (χ2v) is 16.8. The number of allylic oxidation sites excluding steroid dienone is 8. The Morgan fingerprint density at radius 3 is 1.52 bits per heavy atom. The molecule has 0 fully saturated rings. The Labute approximate surface area is 355 Å². The average Bonchev–Trinajstić information content (AvgIpc) is 3.22. The number of phosphoric acid groups is 1. The first-order valence-corrected chi connectivity index (χ1v) is 23.0. The number of phosphoric ester groups is 1. The Hall–Kier alpha value is -2.03. The van der Waals surface area contributed by atoms with Crippen LogP contribution < -0.4 is 4.89 Å². The third kappa shape index (κ3) is 41.6. The van der Waals surface area contributed by atoms with E-state index in [9.17, 15) is 19.0 Å². The summed E-state index contributed by atoms with van der Waals surface area (Å²) in [5.41, 5.74) is 0. The van der Waals surface area contributed by atoms with Crippen LogP contribution in [0.2, 0.25) is 0 Å². The third-order valence-electron chi connectivity index (χ3n) is 8.76. The Balaban J connectivity index is 5.07. The topological polar surface area (TPSA) is 111 Å². The maximum atomic E-state index is 12.8. The van der Waals surface area contributed by atoms with Crippen LogP contribution in [0, 0.1) is 0 Å². The summed E-state index contributed by atoms with van der Waals surface area (Å²) >= 11 is 0. The van der Waals surface area contributed by atoms with Crippen molar-refractivity contribution >= 4 is 19.8 Å². The molecule has 1 unspecified atom stereocenters. The molecule has 0 aliphatic heterocycles. The van der Waals surface area contributed by atoms with Crippen LogP contribution >= 0.6 is 7.82 Å². The van der Waals surface area contributed by atoms with Gasteiger partial charge < -0.3 is 27.9 Å². The molecule has 0 N–H and O–H groups in total. The molecule has 0 rings (SSSR count). The van der Waals surface area contributed by atoms with Gasteiger partial charge in [-0.1, -0.05) is 165 Å². The first-order chi connectivity index (χ1) is 30.2. The standard InChI is InChI=1S/C46H84NO8P/c1-6-8-10-12-14-16-18-20-22-23-25-27-29-31-33-35-37-39-46(49)55-44(43-54-56(50,51)53-41-40-47(3,4)5)42-52-45(48)38-36-34-32-30-28-26-24-21-19-17-15-13-11-9-7-2/h14,16,20,22,25,27,31,33,44H,6-13,15,17-19,21,23-24,26,28-30,32,34-43H2,1-5H3/b16-14+,22-20+,27-25+,33-31+/t44-/m1/s1/i14D,16D,20D,22D,25D,27D,31D,33D. The van der Waals surface area contributed by atoms with Crippen LogP contribution in [0.25, 0.3) is 0 Å². The fraction of sp³-hybridized carbons (Fsp3) is 0.783. The summed E-state index contributed by atoms with van der Waals surface area (Å²) in [7, 11) is 0.837. The van der Waals surface area contributed by atoms with Gasteiger partial charge in [0.15, 0.2) is 6.10 Å². The molecule has 0 heterocycles. The summed E-state index contributed by atoms with van der Waals surface area (Å²) in [6.45, 7) is 3.46. The number of carbonyl (C=O) groups excluding carboxylic acids is 2. The molecule has 0 aromatic carbocycles. The van der Waals surface area contributed by atoms with E-state index < -0.39 is 39.1 Å². The van der Waals surface area contributed by atoms with Gasteiger partial charge in [-0.3, -0.25) is 14.2 Å². The molecule has 0 saturated carbocycles. The van der Waals surface area contributed by atoms with Crippen LogP contribution in [0.5, 0.6) is 0 Å². The van der Waals surface area contributed by atoms with E-state index in [0.29, 0.717) is 23.9 Å². The van der Waals surface area contributed by atoms with Crippen molar-refractivity contribution in [2.24, 2.45) is 0 Å². The lowest BCUT2D eigenvalue weighted by atomic mass is 10.0. The van der Waals surface area contributed by atoms with Crippen molar-refractivity contribution in [2.45, 2.75) is 187 Å². The van der Waals surface area contributed by atoms with E-state index in [1.54, 1.807) is 0 Å². The maximum Gasteiger partial charge on any atom is 0.306 e. The number of carbonyl (C=O) groups is 2. The summed E-state index contributed by atoms with van der Waals surface area (Å²) < 4.78 is 99.0. The molecule has 0 aromatic rings. The zero-order valence-electron chi connectivity index (χ0n) is 44.0. The molecule has 326 valence electrons. The molecule has 0 aromatic heterocycles. The summed E-state index contributed by atoms with van der Waals surface area (Å²) in [5.74, 6) is -1.27. The van der Waals surface area contributed by atoms with Gasteiger partial charge in [0, 0.05) is 12.8 Å². The van der Waals surface area contributed by atoms with E-state index in [-0.39, 0.29) is 100.0 Å². The highest BCUT2D eigenvalue weighted by atomic mass is 31.2. The van der Waals surface area contributed by atoms with Gasteiger partial charge in [-0.25, -0.2) is 0 Å². The molecular formula is C46H84NO8P. The fourth-order valence-electron chi connectivity index (χ4n) is 5.37. The van der Waals surface area contributed by atoms with Crippen LogP contribution in [-0.4, -0.2) is 70.0 Å². The third-order valence-corrected chi connectivity index (χ3v) is 9.73. The number of nitrogens with zero attached hydrogens (tertiary/aromatic N) is 1. The number of hydrogen-bond donors (Lipinski definition) is 0. The molecule has 0 aliphatic carbocycles. The van der Waals surface area contributed by atoms with Crippen molar-refractivity contribution in [2.75, 3.05) is 47.5 Å². The van der Waals surface area contributed by atoms with Gasteiger partial charge in [-0.2, -0.15) is 0 Å². The molecule has 0 amide bonds. The maximum absolute atomic E-state index is 12.8. The Kier molecular flexibility index (Phi) is 28.0. The first-order valence-electron chi connectivity index (χ1n) is 25.6. The normalized spacial score (nSPS) is 17.5. The van der Waals surface area contributed by atoms with E-state index in [4.69, 9.17) is 29.5 Å². The molecule has 0 aliphatic rings. The largest absolute Gasteiger partial charge is 0.756 e. The van der Waals surface area contributed by atoms with Crippen LogP contribution in [0.15, 0.2) is 48.4 Å². The fourth-order valence-corrected chi connectivity index (χ4v) is 6.10. The van der Waals surface area contributed by atoms with Gasteiger partial charge in [0.2, 0.25) is 0 Å². The highest BCUT2D eigenvalue weighted by Gasteiger charge is 2.21. The summed E-state index contributed by atoms with van der Waals surface area (Å²) in [5, 5.41) is 0. The Bertz CT molecular complexity index is 1500. The van der Waals surface area contributed by atoms with Gasteiger partial charge in [-0.05, 0) is 51.4 Å². The molecule has 10 heteroatoms. The van der Waals surface area contributed by atoms with Crippen molar-refractivity contribution in [3.8, 4) is 0 Å². The second kappa shape index (κ2) is 38.5. The second-order valence-electron chi connectivity index (χ2n) is 15.3. The number of likely N-dealkylation sites (N-methyl/N-ethyl adjacent to an activating group) is 1. The van der Waals surface area contributed by atoms with Crippen LogP contribution in [0.1, 0.15) is 192 Å². The van der Waals surface area contributed by atoms with Crippen molar-refractivity contribution in [1.82, 2.24) is 0 Å². The number of ether oxygens (including phenoxy) is 2. The predicted octanol–water partition coefficient (Wildman–Crippen LogP) is 12.1. The molecule has 0 radical (unpaired) electrons. The highest BCUT2D eigenvalue weighted by molar-refractivity contribution is 7.45. The van der Waals surface area contributed by atoms with Crippen molar-refractivity contribution in [3.63, 3.8) is 0 Å². The lowest BCUT2D eigenvalue weighted by Gasteiger charge is -2.28. The summed E-state index contributed by atoms with van der Waals surface area (Å²) in [6.07, 6.45) is 18.9. The highest BCUT2D eigenvalue weighted by Crippen LogP contribution is 2.38. The van der Waals surface area contributed by atoms with Crippen LogP contribution in [-0.2, 0) is 32.7 Å². The van der Waals surface area contributed by atoms with E-state index in [1.807, 2.05) is 28.1 Å². The number of quaternary nitrogens is 1. The van der Waals surface area contributed by atoms with Gasteiger partial charge in [-0.15, -0.1) is 0 Å². The van der Waals surface area contributed by atoms with E-state index in [2.05, 4.69) is 6.92 Å². The summed E-state index contributed by atoms with van der Waals surface area (Å²) in [4.78, 5) is 37.8. The monoisotopic (exact) mass is 818 g/mol. The minimum Gasteiger partial charge on any atom is -0.756 e. The molecule has 0 bridgehead atoms. The Morgan fingerprint density at radius 2 is 1.02 bits per heavy atom. The van der Waals surface area contributed by atoms with Crippen molar-refractivity contribution in [3.05, 3.63) is 48.4 Å². The van der Waals surface area contributed by atoms with Gasteiger partial charge in [0.25, 0.3) is 7.82 Å². The lowest BCUT2D eigenvalue weighted by Crippen LogP contribution is -2.37. The number of unbranched alkanes of at least 4 members (excludes halogenated alkanes) is 16. The number of hydrogen-bond acceptors (Lipinski definition) is 8. The van der Waals surface area contributed by atoms with Crippen molar-refractivity contribution < 1.29 is 53.0 Å². The number of esters is 2. The van der Waals surface area contributed by atoms with Gasteiger partial charge in [0.1, 0.15) is 19.8 Å². The zero-order chi connectivity index (χ0) is 48.4. The quantitative estimate of drug-likeness (QED) is 0.0198. The van der Waals surface area contributed by atoms with Crippen LogP contribution in [0.4, 0.5) is 0 Å². The molecule has 0 saturated heterocycles. The number of rotatable bonds is 40. The molecule has 9 nitrogen and oxygen atoms in total. The van der Waals surface area contributed by atoms with Gasteiger partial charge >= 0.3 is 11.9 Å². The van der Waals surface area contributed by atoms with E-state index in [1.165, 1.54) is 70.6 Å². The Morgan fingerprint density at radius 1 is 0.589 bits per heavy atom. The van der Waals surface area contributed by atoms with E-state index in [0.717, 1.165) is 38.5 Å². The minimum atomic E-state index is -4.78. The SMILES string of the molecule is [2H]/C(CCCCC)=C(/[2H])C/C([2H])=C(\[2H])C/C([2H])=C(\[2H])C/C([2H])=C(\[2H])CCCC(=O)O[C@H](COC(=O)CCCCCCCCCCCCCCCCC)COP(=O)([O-])OCC[N+](C)(C)C.